The highest BCUT2D eigenvalue weighted by Gasteiger charge is 2.33. The minimum absolute atomic E-state index is 0.157. The van der Waals surface area contributed by atoms with Crippen molar-refractivity contribution < 1.29 is 19.1 Å². The van der Waals surface area contributed by atoms with Crippen LogP contribution in [0.4, 0.5) is 11.4 Å². The van der Waals surface area contributed by atoms with Gasteiger partial charge in [-0.25, -0.2) is 0 Å². The molecule has 6 nitrogen and oxygen atoms in total. The standard InChI is InChI=1S/C20H20N2O4/c1-12-5-4-6-13(2)19(12)21-18(24)10-22-16-9-15(11-23)7-8-17(16)26-14(3)20(22)25/h4-9,11,14H,10H2,1-3H3,(H,21,24). The van der Waals surface area contributed by atoms with E-state index >= 15 is 0 Å². The van der Waals surface area contributed by atoms with E-state index < -0.39 is 6.10 Å². The van der Waals surface area contributed by atoms with Crippen molar-refractivity contribution in [2.24, 2.45) is 0 Å². The Morgan fingerprint density at radius 3 is 2.58 bits per heavy atom. The summed E-state index contributed by atoms with van der Waals surface area (Å²) in [6.07, 6.45) is -0.00449. The summed E-state index contributed by atoms with van der Waals surface area (Å²) in [6.45, 7) is 5.30. The second kappa shape index (κ2) is 7.00. The van der Waals surface area contributed by atoms with Gasteiger partial charge in [-0.3, -0.25) is 19.3 Å². The molecule has 1 atom stereocenters. The van der Waals surface area contributed by atoms with E-state index in [1.807, 2.05) is 32.0 Å². The van der Waals surface area contributed by atoms with Crippen LogP contribution in [-0.2, 0) is 9.59 Å². The molecular weight excluding hydrogens is 332 g/mol. The second-order valence-electron chi connectivity index (χ2n) is 6.34. The molecule has 0 fully saturated rings. The lowest BCUT2D eigenvalue weighted by molar-refractivity contribution is -0.127. The van der Waals surface area contributed by atoms with Crippen LogP contribution in [0.25, 0.3) is 0 Å². The minimum atomic E-state index is -0.697. The Labute approximate surface area is 151 Å². The number of amides is 2. The zero-order chi connectivity index (χ0) is 18.8. The van der Waals surface area contributed by atoms with Gasteiger partial charge in [0.15, 0.2) is 6.10 Å². The maximum absolute atomic E-state index is 12.6. The molecule has 2 aromatic rings. The van der Waals surface area contributed by atoms with Gasteiger partial charge in [0.2, 0.25) is 5.91 Å². The lowest BCUT2D eigenvalue weighted by Crippen LogP contribution is -2.47. The van der Waals surface area contributed by atoms with Gasteiger partial charge in [-0.2, -0.15) is 0 Å². The Kier molecular flexibility index (Phi) is 4.75. The number of nitrogens with one attached hydrogen (secondary N) is 1. The first kappa shape index (κ1) is 17.7. The fraction of sp³-hybridized carbons (Fsp3) is 0.250. The Morgan fingerprint density at radius 2 is 1.92 bits per heavy atom. The van der Waals surface area contributed by atoms with E-state index in [0.29, 0.717) is 23.3 Å². The number of hydrogen-bond acceptors (Lipinski definition) is 4. The molecule has 0 bridgehead atoms. The fourth-order valence-electron chi connectivity index (χ4n) is 2.99. The normalized spacial score (nSPS) is 15.9. The van der Waals surface area contributed by atoms with Crippen LogP contribution in [-0.4, -0.2) is 30.7 Å². The zero-order valence-electron chi connectivity index (χ0n) is 14.9. The van der Waals surface area contributed by atoms with E-state index in [1.165, 1.54) is 4.90 Å². The van der Waals surface area contributed by atoms with Crippen LogP contribution in [0.2, 0.25) is 0 Å². The number of hydrogen-bond donors (Lipinski definition) is 1. The molecule has 3 rings (SSSR count). The lowest BCUT2D eigenvalue weighted by atomic mass is 10.1. The van der Waals surface area contributed by atoms with Crippen molar-refractivity contribution in [3.8, 4) is 5.75 Å². The number of carbonyl (C=O) groups excluding carboxylic acids is 3. The molecule has 0 aliphatic carbocycles. The minimum Gasteiger partial charge on any atom is -0.479 e. The first-order chi connectivity index (χ1) is 12.4. The number of fused-ring (bicyclic) bond motifs is 1. The number of rotatable bonds is 4. The van der Waals surface area contributed by atoms with Crippen LogP contribution in [0.15, 0.2) is 36.4 Å². The SMILES string of the molecule is Cc1cccc(C)c1NC(=O)CN1C(=O)C(C)Oc2ccc(C=O)cc21. The van der Waals surface area contributed by atoms with E-state index in [0.717, 1.165) is 16.8 Å². The van der Waals surface area contributed by atoms with Crippen molar-refractivity contribution in [1.29, 1.82) is 0 Å². The molecular formula is C20H20N2O4. The third-order valence-electron chi connectivity index (χ3n) is 4.37. The predicted octanol–water partition coefficient (Wildman–Crippen LogP) is 2.87. The molecule has 0 saturated heterocycles. The quantitative estimate of drug-likeness (QED) is 0.859. The highest BCUT2D eigenvalue weighted by atomic mass is 16.5. The van der Waals surface area contributed by atoms with Gasteiger partial charge in [0.05, 0.1) is 5.69 Å². The number of para-hydroxylation sites is 1. The summed E-state index contributed by atoms with van der Waals surface area (Å²) < 4.78 is 5.57. The van der Waals surface area contributed by atoms with E-state index in [2.05, 4.69) is 5.32 Å². The van der Waals surface area contributed by atoms with Gasteiger partial charge >= 0.3 is 0 Å². The van der Waals surface area contributed by atoms with Crippen LogP contribution >= 0.6 is 0 Å². The topological polar surface area (TPSA) is 75.7 Å². The Morgan fingerprint density at radius 1 is 1.23 bits per heavy atom. The number of aryl methyl sites for hydroxylation is 2. The highest BCUT2D eigenvalue weighted by molar-refractivity contribution is 6.06. The molecule has 1 aliphatic rings. The average molecular weight is 352 g/mol. The van der Waals surface area contributed by atoms with E-state index in [-0.39, 0.29) is 18.4 Å². The van der Waals surface area contributed by atoms with Crippen molar-refractivity contribution in [3.63, 3.8) is 0 Å². The molecule has 6 heteroatoms. The third kappa shape index (κ3) is 3.31. The van der Waals surface area contributed by atoms with Gasteiger partial charge in [-0.1, -0.05) is 18.2 Å². The number of aldehydes is 1. The Bertz CT molecular complexity index is 871. The summed E-state index contributed by atoms with van der Waals surface area (Å²) in [4.78, 5) is 37.5. The molecule has 26 heavy (non-hydrogen) atoms. The van der Waals surface area contributed by atoms with Crippen LogP contribution in [0, 0.1) is 13.8 Å². The number of benzene rings is 2. The Balaban J connectivity index is 1.88. The van der Waals surface area contributed by atoms with Crippen LogP contribution in [0.3, 0.4) is 0 Å². The highest BCUT2D eigenvalue weighted by Crippen LogP contribution is 2.34. The first-order valence-electron chi connectivity index (χ1n) is 8.34. The number of ether oxygens (including phenoxy) is 1. The fourth-order valence-corrected chi connectivity index (χ4v) is 2.99. The number of anilines is 2. The molecule has 0 spiro atoms. The third-order valence-corrected chi connectivity index (χ3v) is 4.37. The number of carbonyl (C=O) groups is 3. The van der Waals surface area contributed by atoms with Crippen molar-refractivity contribution >= 4 is 29.5 Å². The van der Waals surface area contributed by atoms with Gasteiger partial charge in [0, 0.05) is 11.3 Å². The summed E-state index contributed by atoms with van der Waals surface area (Å²) in [5.74, 6) is -0.160. The average Bonchev–Trinajstić information content (AvgIpc) is 2.62. The van der Waals surface area contributed by atoms with E-state index in [4.69, 9.17) is 4.74 Å². The molecule has 1 heterocycles. The number of nitrogens with zero attached hydrogens (tertiary/aromatic N) is 1. The maximum Gasteiger partial charge on any atom is 0.268 e. The van der Waals surface area contributed by atoms with Gasteiger partial charge in [-0.05, 0) is 50.1 Å². The van der Waals surface area contributed by atoms with Crippen LogP contribution in [0.1, 0.15) is 28.4 Å². The van der Waals surface area contributed by atoms with E-state index in [1.54, 1.807) is 25.1 Å². The predicted molar refractivity (Wildman–Crippen MR) is 98.8 cm³/mol. The molecule has 1 N–H and O–H groups in total. The van der Waals surface area contributed by atoms with Gasteiger partial charge in [0.25, 0.3) is 5.91 Å². The molecule has 134 valence electrons. The molecule has 2 aromatic carbocycles. The second-order valence-corrected chi connectivity index (χ2v) is 6.34. The summed E-state index contributed by atoms with van der Waals surface area (Å²) in [5, 5.41) is 2.88. The van der Waals surface area contributed by atoms with Crippen molar-refractivity contribution in [2.75, 3.05) is 16.8 Å². The lowest BCUT2D eigenvalue weighted by Gasteiger charge is -2.32. The smallest absolute Gasteiger partial charge is 0.268 e. The monoisotopic (exact) mass is 352 g/mol. The first-order valence-corrected chi connectivity index (χ1v) is 8.34. The largest absolute Gasteiger partial charge is 0.479 e. The van der Waals surface area contributed by atoms with Crippen molar-refractivity contribution in [2.45, 2.75) is 26.9 Å². The molecule has 1 unspecified atom stereocenters. The van der Waals surface area contributed by atoms with Gasteiger partial charge in [0.1, 0.15) is 18.6 Å². The zero-order valence-corrected chi connectivity index (χ0v) is 14.9. The molecule has 0 radical (unpaired) electrons. The van der Waals surface area contributed by atoms with E-state index in [9.17, 15) is 14.4 Å². The molecule has 0 saturated carbocycles. The summed E-state index contributed by atoms with van der Waals surface area (Å²) in [5.41, 5.74) is 3.48. The summed E-state index contributed by atoms with van der Waals surface area (Å²) >= 11 is 0. The van der Waals surface area contributed by atoms with Gasteiger partial charge in [-0.15, -0.1) is 0 Å². The maximum atomic E-state index is 12.6. The summed E-state index contributed by atoms with van der Waals surface area (Å²) in [6, 6.07) is 10.6. The van der Waals surface area contributed by atoms with Crippen molar-refractivity contribution in [3.05, 3.63) is 53.1 Å². The van der Waals surface area contributed by atoms with Gasteiger partial charge < -0.3 is 10.1 Å². The molecule has 1 aliphatic heterocycles. The van der Waals surface area contributed by atoms with Crippen molar-refractivity contribution in [1.82, 2.24) is 0 Å². The molecule has 0 aromatic heterocycles. The van der Waals surface area contributed by atoms with Crippen LogP contribution in [0.5, 0.6) is 5.75 Å². The Hall–Kier alpha value is -3.15. The molecule has 2 amide bonds. The van der Waals surface area contributed by atoms with Crippen LogP contribution < -0.4 is 15.0 Å². The summed E-state index contributed by atoms with van der Waals surface area (Å²) in [7, 11) is 0.